The third-order valence-corrected chi connectivity index (χ3v) is 3.83. The average Bonchev–Trinajstić information content (AvgIpc) is 2.38. The average molecular weight is 334 g/mol. The second-order valence-corrected chi connectivity index (χ2v) is 5.86. The second-order valence-electron chi connectivity index (χ2n) is 4.54. The smallest absolute Gasteiger partial charge is 0.144 e. The number of halogens is 2. The van der Waals surface area contributed by atoms with Crippen LogP contribution in [-0.2, 0) is 4.74 Å². The molecule has 18 heavy (non-hydrogen) atoms. The van der Waals surface area contributed by atoms with Crippen molar-refractivity contribution in [2.45, 2.75) is 38.2 Å². The van der Waals surface area contributed by atoms with Gasteiger partial charge in [0.1, 0.15) is 5.82 Å². The van der Waals surface area contributed by atoms with Crippen LogP contribution in [0.5, 0.6) is 0 Å². The molecule has 5 heteroatoms. The van der Waals surface area contributed by atoms with Gasteiger partial charge in [-0.05, 0) is 34.8 Å². The van der Waals surface area contributed by atoms with E-state index in [2.05, 4.69) is 26.2 Å². The molecule has 0 saturated heterocycles. The Morgan fingerprint density at radius 1 is 1.39 bits per heavy atom. The zero-order chi connectivity index (χ0) is 12.8. The molecule has 1 aliphatic rings. The number of nitrogens with zero attached hydrogens (tertiary/aromatic N) is 1. The lowest BCUT2D eigenvalue weighted by Crippen LogP contribution is -2.20. The number of ether oxygens (including phenoxy) is 1. The maximum atomic E-state index is 6.06. The summed E-state index contributed by atoms with van der Waals surface area (Å²) in [6.45, 7) is 1.45. The van der Waals surface area contributed by atoms with Gasteiger partial charge in [0, 0.05) is 17.2 Å². The van der Waals surface area contributed by atoms with Gasteiger partial charge in [0.2, 0.25) is 0 Å². The van der Waals surface area contributed by atoms with E-state index in [1.165, 1.54) is 32.1 Å². The molecule has 0 radical (unpaired) electrons. The normalized spacial score (nSPS) is 16.8. The van der Waals surface area contributed by atoms with Crippen LogP contribution in [-0.4, -0.2) is 24.2 Å². The summed E-state index contributed by atoms with van der Waals surface area (Å²) in [7, 11) is 0. The monoisotopic (exact) mass is 332 g/mol. The zero-order valence-electron chi connectivity index (χ0n) is 10.3. The molecule has 0 bridgehead atoms. The van der Waals surface area contributed by atoms with E-state index in [-0.39, 0.29) is 0 Å². The molecule has 0 atom stereocenters. The van der Waals surface area contributed by atoms with Crippen molar-refractivity contribution >= 4 is 33.3 Å². The van der Waals surface area contributed by atoms with Crippen molar-refractivity contribution < 1.29 is 4.74 Å². The molecule has 3 nitrogen and oxygen atoms in total. The van der Waals surface area contributed by atoms with Gasteiger partial charge in [-0.2, -0.15) is 0 Å². The maximum absolute atomic E-state index is 6.06. The molecule has 1 saturated carbocycles. The molecule has 1 aromatic heterocycles. The largest absolute Gasteiger partial charge is 0.376 e. The van der Waals surface area contributed by atoms with Gasteiger partial charge in [0.15, 0.2) is 0 Å². The van der Waals surface area contributed by atoms with Gasteiger partial charge in [-0.15, -0.1) is 0 Å². The van der Waals surface area contributed by atoms with Crippen LogP contribution in [0.3, 0.4) is 0 Å². The van der Waals surface area contributed by atoms with E-state index in [1.807, 2.05) is 6.07 Å². The maximum Gasteiger partial charge on any atom is 0.144 e. The Labute approximate surface area is 121 Å². The lowest BCUT2D eigenvalue weighted by Gasteiger charge is -2.22. The van der Waals surface area contributed by atoms with Crippen LogP contribution in [0.15, 0.2) is 16.7 Å². The van der Waals surface area contributed by atoms with Crippen molar-refractivity contribution in [3.05, 3.63) is 21.8 Å². The van der Waals surface area contributed by atoms with Crippen LogP contribution in [0, 0.1) is 0 Å². The summed E-state index contributed by atoms with van der Waals surface area (Å²) >= 11 is 9.39. The van der Waals surface area contributed by atoms with E-state index in [4.69, 9.17) is 16.3 Å². The Balaban J connectivity index is 1.68. The highest BCUT2D eigenvalue weighted by Gasteiger charge is 2.13. The first-order chi connectivity index (χ1) is 8.75. The first-order valence-electron chi connectivity index (χ1n) is 6.42. The number of aromatic nitrogens is 1. The fraction of sp³-hybridized carbons (Fsp3) is 0.615. The van der Waals surface area contributed by atoms with Gasteiger partial charge in [-0.1, -0.05) is 30.9 Å². The number of anilines is 1. The van der Waals surface area contributed by atoms with Crippen LogP contribution in [0.25, 0.3) is 0 Å². The molecule has 1 fully saturated rings. The minimum atomic E-state index is 0.453. The summed E-state index contributed by atoms with van der Waals surface area (Å²) in [5.74, 6) is 0.715. The van der Waals surface area contributed by atoms with Crippen molar-refractivity contribution in [1.29, 1.82) is 0 Å². The molecule has 0 aromatic carbocycles. The minimum absolute atomic E-state index is 0.453. The summed E-state index contributed by atoms with van der Waals surface area (Å²) in [5, 5.41) is 3.82. The van der Waals surface area contributed by atoms with E-state index < -0.39 is 0 Å². The highest BCUT2D eigenvalue weighted by molar-refractivity contribution is 9.10. The predicted molar refractivity (Wildman–Crippen MR) is 78.3 cm³/mol. The molecule has 0 aliphatic heterocycles. The Morgan fingerprint density at radius 3 is 2.89 bits per heavy atom. The molecular formula is C13H18BrClN2O. The van der Waals surface area contributed by atoms with Crippen LogP contribution in [0.2, 0.25) is 5.02 Å². The third-order valence-electron chi connectivity index (χ3n) is 3.11. The number of pyridine rings is 1. The van der Waals surface area contributed by atoms with Crippen molar-refractivity contribution in [3.63, 3.8) is 0 Å². The summed E-state index contributed by atoms with van der Waals surface area (Å²) < 4.78 is 6.71. The molecule has 1 N–H and O–H groups in total. The Kier molecular flexibility index (Phi) is 5.73. The summed E-state index contributed by atoms with van der Waals surface area (Å²) in [6, 6.07) is 1.83. The van der Waals surface area contributed by atoms with Crippen LogP contribution in [0.4, 0.5) is 5.82 Å². The van der Waals surface area contributed by atoms with Gasteiger partial charge < -0.3 is 10.1 Å². The highest BCUT2D eigenvalue weighted by Crippen LogP contribution is 2.23. The van der Waals surface area contributed by atoms with Crippen molar-refractivity contribution in [3.8, 4) is 0 Å². The van der Waals surface area contributed by atoms with Crippen molar-refractivity contribution in [2.75, 3.05) is 18.5 Å². The SMILES string of the molecule is Clc1cc(Br)cnc1NCCOC1CCCCC1. The molecule has 100 valence electrons. The topological polar surface area (TPSA) is 34.2 Å². The van der Waals surface area contributed by atoms with Gasteiger partial charge in [-0.3, -0.25) is 0 Å². The second kappa shape index (κ2) is 7.31. The molecular weight excluding hydrogens is 316 g/mol. The third kappa shape index (κ3) is 4.41. The number of nitrogens with one attached hydrogen (secondary N) is 1. The lowest BCUT2D eigenvalue weighted by atomic mass is 9.98. The van der Waals surface area contributed by atoms with Crippen molar-refractivity contribution in [2.24, 2.45) is 0 Å². The number of hydrogen-bond donors (Lipinski definition) is 1. The Bertz CT molecular complexity index is 383. The Morgan fingerprint density at radius 2 is 2.17 bits per heavy atom. The fourth-order valence-corrected chi connectivity index (χ4v) is 2.87. The van der Waals surface area contributed by atoms with Gasteiger partial charge >= 0.3 is 0 Å². The van der Waals surface area contributed by atoms with Gasteiger partial charge in [0.25, 0.3) is 0 Å². The molecule has 1 heterocycles. The van der Waals surface area contributed by atoms with Gasteiger partial charge in [-0.25, -0.2) is 4.98 Å². The lowest BCUT2D eigenvalue weighted by molar-refractivity contribution is 0.0347. The van der Waals surface area contributed by atoms with E-state index in [0.717, 1.165) is 11.0 Å². The number of rotatable bonds is 5. The predicted octanol–water partition coefficient (Wildman–Crippen LogP) is 4.26. The molecule has 0 amide bonds. The molecule has 1 aliphatic carbocycles. The highest BCUT2D eigenvalue weighted by atomic mass is 79.9. The molecule has 2 rings (SSSR count). The summed E-state index contributed by atoms with van der Waals surface area (Å²) in [4.78, 5) is 4.22. The molecule has 1 aromatic rings. The van der Waals surface area contributed by atoms with E-state index in [0.29, 0.717) is 23.6 Å². The fourth-order valence-electron chi connectivity index (χ4n) is 2.17. The van der Waals surface area contributed by atoms with E-state index >= 15 is 0 Å². The van der Waals surface area contributed by atoms with Crippen LogP contribution in [0.1, 0.15) is 32.1 Å². The van der Waals surface area contributed by atoms with Crippen LogP contribution >= 0.6 is 27.5 Å². The van der Waals surface area contributed by atoms with Gasteiger partial charge in [0.05, 0.1) is 17.7 Å². The first-order valence-corrected chi connectivity index (χ1v) is 7.59. The zero-order valence-corrected chi connectivity index (χ0v) is 12.6. The molecule has 0 unspecified atom stereocenters. The van der Waals surface area contributed by atoms with Crippen LogP contribution < -0.4 is 5.32 Å². The quantitative estimate of drug-likeness (QED) is 0.818. The van der Waals surface area contributed by atoms with E-state index in [1.54, 1.807) is 6.20 Å². The summed E-state index contributed by atoms with van der Waals surface area (Å²) in [5.41, 5.74) is 0. The standard InChI is InChI=1S/C13H18BrClN2O/c14-10-8-12(15)13(17-9-10)16-6-7-18-11-4-2-1-3-5-11/h8-9,11H,1-7H2,(H,16,17). The first kappa shape index (κ1) is 14.1. The summed E-state index contributed by atoms with van der Waals surface area (Å²) in [6.07, 6.45) is 8.56. The molecule has 0 spiro atoms. The minimum Gasteiger partial charge on any atom is -0.376 e. The number of hydrogen-bond acceptors (Lipinski definition) is 3. The Hall–Kier alpha value is -0.320. The van der Waals surface area contributed by atoms with E-state index in [9.17, 15) is 0 Å². The van der Waals surface area contributed by atoms with Crippen molar-refractivity contribution in [1.82, 2.24) is 4.98 Å².